The Hall–Kier alpha value is -1.84. The highest BCUT2D eigenvalue weighted by Crippen LogP contribution is 2.24. The van der Waals surface area contributed by atoms with Crippen LogP contribution in [0.25, 0.3) is 0 Å². The zero-order chi connectivity index (χ0) is 20.0. The second kappa shape index (κ2) is 11.2. The molecule has 1 aliphatic heterocycles. The molecule has 1 heterocycles. The van der Waals surface area contributed by atoms with Crippen LogP contribution in [0.4, 0.5) is 0 Å². The number of benzene rings is 1. The molecule has 1 aromatic rings. The quantitative estimate of drug-likeness (QED) is 0.289. The molecule has 2 atom stereocenters. The Labute approximate surface area is 184 Å². The van der Waals surface area contributed by atoms with Crippen LogP contribution in [0.3, 0.4) is 0 Å². The van der Waals surface area contributed by atoms with Gasteiger partial charge in [-0.3, -0.25) is 9.59 Å². The van der Waals surface area contributed by atoms with Crippen molar-refractivity contribution in [2.24, 2.45) is 16.8 Å². The summed E-state index contributed by atoms with van der Waals surface area (Å²) in [5.41, 5.74) is 1.69. The molecule has 1 aliphatic rings. The maximum Gasteiger partial charge on any atom is 0.310 e. The average Bonchev–Trinajstić information content (AvgIpc) is 3.05. The molecule has 1 saturated heterocycles. The normalized spacial score (nSPS) is 19.0. The molecule has 1 amide bonds. The fourth-order valence-corrected chi connectivity index (χ4v) is 3.20. The van der Waals surface area contributed by atoms with Gasteiger partial charge in [0.25, 0.3) is 5.91 Å². The smallest absolute Gasteiger partial charge is 0.310 e. The average molecular weight is 502 g/mol. The third-order valence-corrected chi connectivity index (χ3v) is 4.77. The fraction of sp³-hybridized carbons (Fsp3) is 0.550. The lowest BCUT2D eigenvalue weighted by Gasteiger charge is -2.21. The van der Waals surface area contributed by atoms with E-state index in [1.807, 2.05) is 31.2 Å². The molecule has 2 unspecified atom stereocenters. The van der Waals surface area contributed by atoms with Gasteiger partial charge in [0, 0.05) is 39.3 Å². The van der Waals surface area contributed by atoms with Gasteiger partial charge in [-0.15, -0.1) is 24.0 Å². The van der Waals surface area contributed by atoms with Crippen molar-refractivity contribution in [2.45, 2.75) is 20.4 Å². The van der Waals surface area contributed by atoms with E-state index in [-0.39, 0.29) is 47.7 Å². The molecule has 0 radical (unpaired) electrons. The van der Waals surface area contributed by atoms with Crippen LogP contribution in [0.1, 0.15) is 29.8 Å². The molecule has 0 aliphatic carbocycles. The molecule has 1 fully saturated rings. The summed E-state index contributed by atoms with van der Waals surface area (Å²) in [6.45, 7) is 6.72. The number of methoxy groups -OCH3 is 1. The molecule has 1 N–H and O–H groups in total. The monoisotopic (exact) mass is 502 g/mol. The molecule has 28 heavy (non-hydrogen) atoms. The second-order valence-corrected chi connectivity index (χ2v) is 7.08. The first kappa shape index (κ1) is 24.2. The van der Waals surface area contributed by atoms with Gasteiger partial charge in [-0.2, -0.15) is 0 Å². The number of likely N-dealkylation sites (tertiary alicyclic amines) is 1. The van der Waals surface area contributed by atoms with Crippen molar-refractivity contribution < 1.29 is 14.3 Å². The summed E-state index contributed by atoms with van der Waals surface area (Å²) in [5, 5.41) is 3.30. The third kappa shape index (κ3) is 6.08. The van der Waals surface area contributed by atoms with Crippen molar-refractivity contribution in [3.05, 3.63) is 35.4 Å². The molecule has 0 aromatic heterocycles. The Morgan fingerprint density at radius 3 is 2.43 bits per heavy atom. The predicted molar refractivity (Wildman–Crippen MR) is 121 cm³/mol. The summed E-state index contributed by atoms with van der Waals surface area (Å²) in [5.74, 6) is 0.706. The minimum atomic E-state index is -0.165. The lowest BCUT2D eigenvalue weighted by atomic mass is 9.99. The van der Waals surface area contributed by atoms with Crippen molar-refractivity contribution in [3.63, 3.8) is 0 Å². The summed E-state index contributed by atoms with van der Waals surface area (Å²) >= 11 is 0. The Morgan fingerprint density at radius 2 is 1.89 bits per heavy atom. The maximum atomic E-state index is 12.0. The third-order valence-electron chi connectivity index (χ3n) is 4.77. The van der Waals surface area contributed by atoms with Gasteiger partial charge in [0.1, 0.15) is 0 Å². The minimum Gasteiger partial charge on any atom is -0.469 e. The number of guanidine groups is 1. The summed E-state index contributed by atoms with van der Waals surface area (Å²) in [4.78, 5) is 32.3. The molecule has 7 nitrogen and oxygen atoms in total. The number of rotatable bonds is 5. The SMILES string of the molecule is CCNC(=NCc1ccc(C(=O)N(C)C)cc1)N1CC(C)C(C(=O)OC)C1.I. The highest BCUT2D eigenvalue weighted by molar-refractivity contribution is 14.0. The van der Waals surface area contributed by atoms with Crippen LogP contribution < -0.4 is 5.32 Å². The van der Waals surface area contributed by atoms with Crippen molar-refractivity contribution in [1.82, 2.24) is 15.1 Å². The van der Waals surface area contributed by atoms with Gasteiger partial charge in [0.05, 0.1) is 19.6 Å². The summed E-state index contributed by atoms with van der Waals surface area (Å²) < 4.78 is 4.91. The van der Waals surface area contributed by atoms with E-state index < -0.39 is 0 Å². The number of halogens is 1. The van der Waals surface area contributed by atoms with Gasteiger partial charge in [-0.25, -0.2) is 4.99 Å². The summed E-state index contributed by atoms with van der Waals surface area (Å²) in [7, 11) is 4.91. The topological polar surface area (TPSA) is 74.2 Å². The molecule has 0 bridgehead atoms. The van der Waals surface area contributed by atoms with Crippen molar-refractivity contribution in [2.75, 3.05) is 40.8 Å². The van der Waals surface area contributed by atoms with E-state index in [0.717, 1.165) is 24.6 Å². The van der Waals surface area contributed by atoms with Crippen LogP contribution in [0.5, 0.6) is 0 Å². The highest BCUT2D eigenvalue weighted by Gasteiger charge is 2.36. The van der Waals surface area contributed by atoms with E-state index in [1.165, 1.54) is 7.11 Å². The number of hydrogen-bond donors (Lipinski definition) is 1. The standard InChI is InChI=1S/C20H30N4O3.HI/c1-6-21-20(24-12-14(2)17(13-24)19(26)27-5)22-11-15-7-9-16(10-8-15)18(25)23(3)4;/h7-10,14,17H,6,11-13H2,1-5H3,(H,21,22);1H. The van der Waals surface area contributed by atoms with Crippen LogP contribution in [-0.2, 0) is 16.1 Å². The number of ether oxygens (including phenoxy) is 1. The van der Waals surface area contributed by atoms with Gasteiger partial charge < -0.3 is 19.9 Å². The largest absolute Gasteiger partial charge is 0.469 e. The molecule has 1 aromatic carbocycles. The first-order valence-electron chi connectivity index (χ1n) is 9.29. The number of nitrogens with one attached hydrogen (secondary N) is 1. The number of carbonyl (C=O) groups excluding carboxylic acids is 2. The van der Waals surface area contributed by atoms with Crippen molar-refractivity contribution in [3.8, 4) is 0 Å². The van der Waals surface area contributed by atoms with E-state index in [0.29, 0.717) is 18.7 Å². The molecule has 156 valence electrons. The van der Waals surface area contributed by atoms with Gasteiger partial charge in [0.2, 0.25) is 0 Å². The van der Waals surface area contributed by atoms with Gasteiger partial charge in [0.15, 0.2) is 5.96 Å². The van der Waals surface area contributed by atoms with E-state index in [2.05, 4.69) is 17.1 Å². The van der Waals surface area contributed by atoms with Crippen LogP contribution in [0.15, 0.2) is 29.3 Å². The van der Waals surface area contributed by atoms with E-state index in [1.54, 1.807) is 19.0 Å². The number of hydrogen-bond acceptors (Lipinski definition) is 4. The van der Waals surface area contributed by atoms with E-state index in [9.17, 15) is 9.59 Å². The second-order valence-electron chi connectivity index (χ2n) is 7.08. The maximum absolute atomic E-state index is 12.0. The van der Waals surface area contributed by atoms with Gasteiger partial charge >= 0.3 is 5.97 Å². The van der Waals surface area contributed by atoms with E-state index >= 15 is 0 Å². The van der Waals surface area contributed by atoms with Crippen LogP contribution >= 0.6 is 24.0 Å². The summed E-state index contributed by atoms with van der Waals surface area (Å²) in [6.07, 6.45) is 0. The number of carbonyl (C=O) groups is 2. The predicted octanol–water partition coefficient (Wildman–Crippen LogP) is 2.21. The number of nitrogens with zero attached hydrogens (tertiary/aromatic N) is 3. The van der Waals surface area contributed by atoms with Crippen LogP contribution in [0, 0.1) is 11.8 Å². The highest BCUT2D eigenvalue weighted by atomic mass is 127. The molecule has 0 spiro atoms. The van der Waals surface area contributed by atoms with Crippen LogP contribution in [0.2, 0.25) is 0 Å². The number of amides is 1. The fourth-order valence-electron chi connectivity index (χ4n) is 3.20. The Kier molecular flexibility index (Phi) is 9.71. The van der Waals surface area contributed by atoms with Crippen molar-refractivity contribution >= 4 is 41.8 Å². The molecular formula is C20H31IN4O3. The van der Waals surface area contributed by atoms with Gasteiger partial charge in [-0.1, -0.05) is 19.1 Å². The van der Waals surface area contributed by atoms with Crippen molar-refractivity contribution in [1.29, 1.82) is 0 Å². The number of esters is 1. The van der Waals surface area contributed by atoms with Gasteiger partial charge in [-0.05, 0) is 30.5 Å². The zero-order valence-corrected chi connectivity index (χ0v) is 19.6. The Bertz CT molecular complexity index is 691. The minimum absolute atomic E-state index is 0. The molecule has 0 saturated carbocycles. The first-order chi connectivity index (χ1) is 12.9. The van der Waals surface area contributed by atoms with E-state index in [4.69, 9.17) is 9.73 Å². The summed E-state index contributed by atoms with van der Waals surface area (Å²) in [6, 6.07) is 7.50. The Morgan fingerprint density at radius 1 is 1.25 bits per heavy atom. The van der Waals surface area contributed by atoms with Crippen LogP contribution in [-0.4, -0.2) is 68.5 Å². The lowest BCUT2D eigenvalue weighted by Crippen LogP contribution is -2.40. The lowest BCUT2D eigenvalue weighted by molar-refractivity contribution is -0.145. The zero-order valence-electron chi connectivity index (χ0n) is 17.3. The Balaban J connectivity index is 0.00000392. The molecule has 2 rings (SSSR count). The molecular weight excluding hydrogens is 471 g/mol. The number of aliphatic imine (C=N–C) groups is 1. The molecule has 8 heteroatoms. The first-order valence-corrected chi connectivity index (χ1v) is 9.29.